The molecule has 9 heteroatoms. The zero-order valence-electron chi connectivity index (χ0n) is 18.6. The van der Waals surface area contributed by atoms with Crippen molar-refractivity contribution in [2.75, 3.05) is 23.0 Å². The summed E-state index contributed by atoms with van der Waals surface area (Å²) in [5.41, 5.74) is 1.79. The van der Waals surface area contributed by atoms with Crippen molar-refractivity contribution in [2.24, 2.45) is 7.05 Å². The predicted molar refractivity (Wildman–Crippen MR) is 126 cm³/mol. The Bertz CT molecular complexity index is 1060. The highest BCUT2D eigenvalue weighted by molar-refractivity contribution is 7.99. The number of ether oxygens (including phenoxy) is 1. The summed E-state index contributed by atoms with van der Waals surface area (Å²) in [7, 11) is 1.90. The number of nitrogens with one attached hydrogen (secondary N) is 2. The highest BCUT2D eigenvalue weighted by Crippen LogP contribution is 2.20. The smallest absolute Gasteiger partial charge is 0.255 e. The van der Waals surface area contributed by atoms with Crippen molar-refractivity contribution in [1.29, 1.82) is 0 Å². The normalized spacial score (nSPS) is 10.8. The molecule has 2 amide bonds. The fourth-order valence-electron chi connectivity index (χ4n) is 2.99. The van der Waals surface area contributed by atoms with Gasteiger partial charge in [-0.05, 0) is 55.5 Å². The van der Waals surface area contributed by atoms with Crippen molar-refractivity contribution in [3.05, 3.63) is 59.9 Å². The van der Waals surface area contributed by atoms with Crippen LogP contribution >= 0.6 is 11.8 Å². The standard InChI is InChI=1S/C23H27N5O3S/c1-5-31-19-12-10-18(11-13-19)25-22(30)16-6-8-17(9-7-16)24-20(29)14-32-23-27-26-21(15(2)3)28(23)4/h6-13,15H,5,14H2,1-4H3,(H,24,29)(H,25,30). The molecule has 0 saturated heterocycles. The summed E-state index contributed by atoms with van der Waals surface area (Å²) in [5.74, 6) is 1.72. The number of hydrogen-bond donors (Lipinski definition) is 2. The van der Waals surface area contributed by atoms with E-state index in [2.05, 4.69) is 20.8 Å². The molecule has 0 aliphatic carbocycles. The average molecular weight is 454 g/mol. The van der Waals surface area contributed by atoms with Gasteiger partial charge in [-0.1, -0.05) is 25.6 Å². The third kappa shape index (κ3) is 6.10. The van der Waals surface area contributed by atoms with Crippen LogP contribution in [0, 0.1) is 0 Å². The number of carbonyl (C=O) groups is 2. The van der Waals surface area contributed by atoms with Gasteiger partial charge in [0.05, 0.1) is 12.4 Å². The molecule has 3 rings (SSSR count). The molecule has 0 bridgehead atoms. The van der Waals surface area contributed by atoms with E-state index in [1.165, 1.54) is 11.8 Å². The summed E-state index contributed by atoms with van der Waals surface area (Å²) >= 11 is 1.33. The molecule has 0 atom stereocenters. The van der Waals surface area contributed by atoms with E-state index in [0.29, 0.717) is 28.7 Å². The van der Waals surface area contributed by atoms with Crippen LogP contribution in [0.5, 0.6) is 5.75 Å². The number of aromatic nitrogens is 3. The van der Waals surface area contributed by atoms with Crippen LogP contribution < -0.4 is 15.4 Å². The molecule has 2 aromatic carbocycles. The molecule has 8 nitrogen and oxygen atoms in total. The van der Waals surface area contributed by atoms with Gasteiger partial charge in [0.2, 0.25) is 5.91 Å². The Morgan fingerprint density at radius 1 is 1.00 bits per heavy atom. The van der Waals surface area contributed by atoms with Gasteiger partial charge in [-0.3, -0.25) is 9.59 Å². The number of amides is 2. The third-order valence-electron chi connectivity index (χ3n) is 4.57. The molecule has 0 spiro atoms. The van der Waals surface area contributed by atoms with Crippen LogP contribution in [-0.2, 0) is 11.8 Å². The fourth-order valence-corrected chi connectivity index (χ4v) is 3.71. The Labute approximate surface area is 191 Å². The maximum absolute atomic E-state index is 12.5. The van der Waals surface area contributed by atoms with Gasteiger partial charge in [-0.25, -0.2) is 0 Å². The summed E-state index contributed by atoms with van der Waals surface area (Å²) in [6.07, 6.45) is 0. The van der Waals surface area contributed by atoms with Gasteiger partial charge in [-0.15, -0.1) is 10.2 Å². The van der Waals surface area contributed by atoms with Gasteiger partial charge in [0.1, 0.15) is 11.6 Å². The molecule has 1 aromatic heterocycles. The molecule has 32 heavy (non-hydrogen) atoms. The molecule has 1 heterocycles. The lowest BCUT2D eigenvalue weighted by Gasteiger charge is -2.09. The Morgan fingerprint density at radius 3 is 2.22 bits per heavy atom. The van der Waals surface area contributed by atoms with Crippen LogP contribution in [0.4, 0.5) is 11.4 Å². The number of anilines is 2. The van der Waals surface area contributed by atoms with Crippen molar-refractivity contribution in [3.8, 4) is 5.75 Å². The number of hydrogen-bond acceptors (Lipinski definition) is 6. The lowest BCUT2D eigenvalue weighted by atomic mass is 10.2. The van der Waals surface area contributed by atoms with E-state index >= 15 is 0 Å². The van der Waals surface area contributed by atoms with Crippen molar-refractivity contribution < 1.29 is 14.3 Å². The van der Waals surface area contributed by atoms with E-state index in [-0.39, 0.29) is 23.5 Å². The van der Waals surface area contributed by atoms with Crippen molar-refractivity contribution >= 4 is 35.0 Å². The monoisotopic (exact) mass is 453 g/mol. The fraction of sp³-hybridized carbons (Fsp3) is 0.304. The summed E-state index contributed by atoms with van der Waals surface area (Å²) in [5, 5.41) is 14.7. The molecule has 0 radical (unpaired) electrons. The molecule has 0 aliphatic heterocycles. The van der Waals surface area contributed by atoms with Crippen LogP contribution in [0.2, 0.25) is 0 Å². The largest absolute Gasteiger partial charge is 0.494 e. The van der Waals surface area contributed by atoms with E-state index in [0.717, 1.165) is 11.6 Å². The first-order chi connectivity index (χ1) is 15.4. The molecular formula is C23H27N5O3S. The van der Waals surface area contributed by atoms with Crippen molar-refractivity contribution in [1.82, 2.24) is 14.8 Å². The summed E-state index contributed by atoms with van der Waals surface area (Å²) in [6.45, 7) is 6.61. The van der Waals surface area contributed by atoms with E-state index in [1.807, 2.05) is 32.4 Å². The third-order valence-corrected chi connectivity index (χ3v) is 5.59. The highest BCUT2D eigenvalue weighted by atomic mass is 32.2. The molecular weight excluding hydrogens is 426 g/mol. The van der Waals surface area contributed by atoms with Crippen LogP contribution in [0.25, 0.3) is 0 Å². The van der Waals surface area contributed by atoms with Gasteiger partial charge in [0.25, 0.3) is 5.91 Å². The molecule has 0 fully saturated rings. The second-order valence-corrected chi connectivity index (χ2v) is 8.32. The molecule has 0 unspecified atom stereocenters. The van der Waals surface area contributed by atoms with E-state index in [9.17, 15) is 9.59 Å². The first-order valence-electron chi connectivity index (χ1n) is 10.3. The van der Waals surface area contributed by atoms with Gasteiger partial charge < -0.3 is 19.9 Å². The van der Waals surface area contributed by atoms with Gasteiger partial charge in [-0.2, -0.15) is 0 Å². The first kappa shape index (κ1) is 23.3. The van der Waals surface area contributed by atoms with E-state index < -0.39 is 0 Å². The predicted octanol–water partition coefficient (Wildman–Crippen LogP) is 4.32. The lowest BCUT2D eigenvalue weighted by molar-refractivity contribution is -0.113. The topological polar surface area (TPSA) is 98.1 Å². The number of thioether (sulfide) groups is 1. The van der Waals surface area contributed by atoms with Crippen LogP contribution in [0.1, 0.15) is 42.9 Å². The minimum atomic E-state index is -0.231. The minimum absolute atomic E-state index is 0.157. The Kier molecular flexibility index (Phi) is 7.88. The maximum Gasteiger partial charge on any atom is 0.255 e. The van der Waals surface area contributed by atoms with Crippen LogP contribution in [0.3, 0.4) is 0 Å². The Morgan fingerprint density at radius 2 is 1.62 bits per heavy atom. The van der Waals surface area contributed by atoms with Gasteiger partial charge in [0.15, 0.2) is 5.16 Å². The minimum Gasteiger partial charge on any atom is -0.494 e. The van der Waals surface area contributed by atoms with E-state index in [1.54, 1.807) is 48.5 Å². The maximum atomic E-state index is 12.5. The van der Waals surface area contributed by atoms with Gasteiger partial charge in [0, 0.05) is 29.9 Å². The van der Waals surface area contributed by atoms with E-state index in [4.69, 9.17) is 4.74 Å². The molecule has 2 N–H and O–H groups in total. The SMILES string of the molecule is CCOc1ccc(NC(=O)c2ccc(NC(=O)CSc3nnc(C(C)C)n3C)cc2)cc1. The van der Waals surface area contributed by atoms with Crippen LogP contribution in [0.15, 0.2) is 53.7 Å². The Balaban J connectivity index is 1.51. The summed E-state index contributed by atoms with van der Waals surface area (Å²) in [6, 6.07) is 13.9. The van der Waals surface area contributed by atoms with Crippen LogP contribution in [-0.4, -0.2) is 38.9 Å². The molecule has 0 saturated carbocycles. The second kappa shape index (κ2) is 10.8. The number of benzene rings is 2. The zero-order chi connectivity index (χ0) is 23.1. The summed E-state index contributed by atoms with van der Waals surface area (Å²) in [4.78, 5) is 24.7. The van der Waals surface area contributed by atoms with Gasteiger partial charge >= 0.3 is 0 Å². The number of nitrogens with zero attached hydrogens (tertiary/aromatic N) is 3. The number of rotatable bonds is 9. The first-order valence-corrected chi connectivity index (χ1v) is 11.3. The quantitative estimate of drug-likeness (QED) is 0.468. The summed E-state index contributed by atoms with van der Waals surface area (Å²) < 4.78 is 7.30. The molecule has 0 aliphatic rings. The van der Waals surface area contributed by atoms with Crippen molar-refractivity contribution in [3.63, 3.8) is 0 Å². The lowest BCUT2D eigenvalue weighted by Crippen LogP contribution is -2.15. The average Bonchev–Trinajstić information content (AvgIpc) is 3.15. The van der Waals surface area contributed by atoms with Crippen molar-refractivity contribution in [2.45, 2.75) is 31.8 Å². The number of carbonyl (C=O) groups excluding carboxylic acids is 2. The zero-order valence-corrected chi connectivity index (χ0v) is 19.4. The molecule has 3 aromatic rings. The second-order valence-electron chi connectivity index (χ2n) is 7.38. The Hall–Kier alpha value is -3.33. The molecule has 168 valence electrons. The highest BCUT2D eigenvalue weighted by Gasteiger charge is 2.14.